The van der Waals surface area contributed by atoms with Crippen molar-refractivity contribution in [1.29, 1.82) is 0 Å². The minimum atomic E-state index is -1.27. The zero-order valence-electron chi connectivity index (χ0n) is 11.2. The van der Waals surface area contributed by atoms with Gasteiger partial charge in [-0.05, 0) is 30.0 Å². The Morgan fingerprint density at radius 1 is 1.42 bits per heavy atom. The SMILES string of the molecule is CC(C)C(CCO)NCc1ccc(C(=O)O)c(F)c1. The van der Waals surface area contributed by atoms with Crippen LogP contribution in [0.25, 0.3) is 0 Å². The van der Waals surface area contributed by atoms with Gasteiger partial charge in [0.15, 0.2) is 0 Å². The summed E-state index contributed by atoms with van der Waals surface area (Å²) in [6.45, 7) is 4.63. The maximum absolute atomic E-state index is 13.5. The van der Waals surface area contributed by atoms with E-state index in [2.05, 4.69) is 5.32 Å². The summed E-state index contributed by atoms with van der Waals surface area (Å²) in [5.41, 5.74) is 0.366. The van der Waals surface area contributed by atoms with Crippen molar-refractivity contribution in [3.8, 4) is 0 Å². The number of nitrogens with one attached hydrogen (secondary N) is 1. The molecule has 19 heavy (non-hydrogen) atoms. The van der Waals surface area contributed by atoms with Gasteiger partial charge < -0.3 is 15.5 Å². The lowest BCUT2D eigenvalue weighted by Gasteiger charge is -2.21. The molecule has 106 valence electrons. The van der Waals surface area contributed by atoms with E-state index in [9.17, 15) is 9.18 Å². The van der Waals surface area contributed by atoms with Crippen LogP contribution >= 0.6 is 0 Å². The van der Waals surface area contributed by atoms with Gasteiger partial charge in [0.05, 0.1) is 5.56 Å². The Balaban J connectivity index is 2.67. The molecule has 5 heteroatoms. The van der Waals surface area contributed by atoms with Gasteiger partial charge >= 0.3 is 5.97 Å². The summed E-state index contributed by atoms with van der Waals surface area (Å²) in [6.07, 6.45) is 0.632. The van der Waals surface area contributed by atoms with Crippen LogP contribution in [0.2, 0.25) is 0 Å². The van der Waals surface area contributed by atoms with Gasteiger partial charge in [-0.25, -0.2) is 9.18 Å². The lowest BCUT2D eigenvalue weighted by Crippen LogP contribution is -2.34. The third-order valence-electron chi connectivity index (χ3n) is 3.08. The Morgan fingerprint density at radius 2 is 2.11 bits per heavy atom. The van der Waals surface area contributed by atoms with E-state index in [1.54, 1.807) is 6.07 Å². The fraction of sp³-hybridized carbons (Fsp3) is 0.500. The molecule has 0 aromatic heterocycles. The molecule has 0 saturated carbocycles. The molecule has 1 atom stereocenters. The highest BCUT2D eigenvalue weighted by Gasteiger charge is 2.13. The largest absolute Gasteiger partial charge is 0.478 e. The Labute approximate surface area is 112 Å². The van der Waals surface area contributed by atoms with E-state index in [1.165, 1.54) is 12.1 Å². The zero-order valence-corrected chi connectivity index (χ0v) is 11.2. The number of hydrogen-bond donors (Lipinski definition) is 3. The molecular weight excluding hydrogens is 249 g/mol. The van der Waals surface area contributed by atoms with Gasteiger partial charge in [0.25, 0.3) is 0 Å². The molecule has 0 fully saturated rings. The molecule has 0 saturated heterocycles. The van der Waals surface area contributed by atoms with Crippen molar-refractivity contribution in [2.45, 2.75) is 32.9 Å². The number of rotatable bonds is 7. The van der Waals surface area contributed by atoms with E-state index in [0.717, 1.165) is 0 Å². The second-order valence-electron chi connectivity index (χ2n) is 4.86. The minimum absolute atomic E-state index is 0.0994. The molecule has 0 spiro atoms. The van der Waals surface area contributed by atoms with Gasteiger partial charge in [0.2, 0.25) is 0 Å². The van der Waals surface area contributed by atoms with Gasteiger partial charge in [-0.3, -0.25) is 0 Å². The fourth-order valence-corrected chi connectivity index (χ4v) is 1.90. The van der Waals surface area contributed by atoms with Crippen LogP contribution in [0.5, 0.6) is 0 Å². The number of carboxylic acid groups (broad SMARTS) is 1. The van der Waals surface area contributed by atoms with Gasteiger partial charge in [-0.1, -0.05) is 19.9 Å². The summed E-state index contributed by atoms with van der Waals surface area (Å²) in [5, 5.41) is 20.9. The highest BCUT2D eigenvalue weighted by molar-refractivity contribution is 5.87. The summed E-state index contributed by atoms with van der Waals surface area (Å²) in [6, 6.07) is 4.24. The number of aliphatic hydroxyl groups is 1. The molecule has 4 nitrogen and oxygen atoms in total. The number of aromatic carboxylic acids is 1. The predicted molar refractivity (Wildman–Crippen MR) is 70.5 cm³/mol. The van der Waals surface area contributed by atoms with Gasteiger partial charge in [0.1, 0.15) is 5.82 Å². The fourth-order valence-electron chi connectivity index (χ4n) is 1.90. The summed E-state index contributed by atoms with van der Waals surface area (Å²) in [7, 11) is 0. The number of halogens is 1. The summed E-state index contributed by atoms with van der Waals surface area (Å²) >= 11 is 0. The molecule has 0 amide bonds. The first-order valence-corrected chi connectivity index (χ1v) is 6.31. The van der Waals surface area contributed by atoms with Crippen LogP contribution < -0.4 is 5.32 Å². The van der Waals surface area contributed by atoms with Crippen molar-refractivity contribution >= 4 is 5.97 Å². The van der Waals surface area contributed by atoms with Crippen molar-refractivity contribution in [2.75, 3.05) is 6.61 Å². The van der Waals surface area contributed by atoms with E-state index < -0.39 is 11.8 Å². The van der Waals surface area contributed by atoms with E-state index in [4.69, 9.17) is 10.2 Å². The lowest BCUT2D eigenvalue weighted by molar-refractivity contribution is 0.0692. The quantitative estimate of drug-likeness (QED) is 0.708. The highest BCUT2D eigenvalue weighted by Crippen LogP contribution is 2.12. The summed E-state index contributed by atoms with van der Waals surface area (Å²) in [5.74, 6) is -1.64. The maximum atomic E-state index is 13.5. The molecular formula is C14H20FNO3. The first kappa shape index (κ1) is 15.6. The van der Waals surface area contributed by atoms with E-state index in [0.29, 0.717) is 24.4 Å². The van der Waals surface area contributed by atoms with Crippen LogP contribution in [0.4, 0.5) is 4.39 Å². The maximum Gasteiger partial charge on any atom is 0.338 e. The molecule has 0 radical (unpaired) electrons. The zero-order chi connectivity index (χ0) is 14.4. The van der Waals surface area contributed by atoms with E-state index in [1.807, 2.05) is 13.8 Å². The Morgan fingerprint density at radius 3 is 2.58 bits per heavy atom. The number of aliphatic hydroxyl groups excluding tert-OH is 1. The van der Waals surface area contributed by atoms with Crippen LogP contribution in [-0.2, 0) is 6.54 Å². The standard InChI is InChI=1S/C14H20FNO3/c1-9(2)13(5-6-17)16-8-10-3-4-11(14(18)19)12(15)7-10/h3-4,7,9,13,16-17H,5-6,8H2,1-2H3,(H,18,19). The Kier molecular flexibility index (Phi) is 5.92. The minimum Gasteiger partial charge on any atom is -0.478 e. The first-order chi connectivity index (χ1) is 8.95. The molecule has 0 aliphatic rings. The molecule has 0 bridgehead atoms. The Bertz CT molecular complexity index is 435. The molecule has 1 aromatic rings. The van der Waals surface area contributed by atoms with Crippen LogP contribution in [0.3, 0.4) is 0 Å². The first-order valence-electron chi connectivity index (χ1n) is 6.31. The van der Waals surface area contributed by atoms with Crippen molar-refractivity contribution in [1.82, 2.24) is 5.32 Å². The van der Waals surface area contributed by atoms with Crippen molar-refractivity contribution < 1.29 is 19.4 Å². The number of benzene rings is 1. The van der Waals surface area contributed by atoms with Crippen LogP contribution in [0, 0.1) is 11.7 Å². The number of carbonyl (C=O) groups is 1. The summed E-state index contributed by atoms with van der Waals surface area (Å²) in [4.78, 5) is 10.7. The lowest BCUT2D eigenvalue weighted by atomic mass is 10.0. The van der Waals surface area contributed by atoms with Gasteiger partial charge in [0, 0.05) is 19.2 Å². The van der Waals surface area contributed by atoms with Crippen LogP contribution in [0.1, 0.15) is 36.2 Å². The number of carboxylic acids is 1. The smallest absolute Gasteiger partial charge is 0.338 e. The van der Waals surface area contributed by atoms with Gasteiger partial charge in [-0.15, -0.1) is 0 Å². The second kappa shape index (κ2) is 7.21. The third kappa shape index (κ3) is 4.61. The number of hydrogen-bond acceptors (Lipinski definition) is 3. The molecule has 1 aromatic carbocycles. The third-order valence-corrected chi connectivity index (χ3v) is 3.08. The van der Waals surface area contributed by atoms with Crippen molar-refractivity contribution in [3.05, 3.63) is 35.1 Å². The van der Waals surface area contributed by atoms with E-state index >= 15 is 0 Å². The monoisotopic (exact) mass is 269 g/mol. The van der Waals surface area contributed by atoms with Crippen molar-refractivity contribution in [3.63, 3.8) is 0 Å². The average molecular weight is 269 g/mol. The topological polar surface area (TPSA) is 69.6 Å². The predicted octanol–water partition coefficient (Wildman–Crippen LogP) is 2.02. The van der Waals surface area contributed by atoms with Crippen LogP contribution in [-0.4, -0.2) is 28.8 Å². The average Bonchev–Trinajstić information content (AvgIpc) is 2.33. The highest BCUT2D eigenvalue weighted by atomic mass is 19.1. The molecule has 0 aliphatic carbocycles. The van der Waals surface area contributed by atoms with Crippen molar-refractivity contribution in [2.24, 2.45) is 5.92 Å². The molecule has 0 aliphatic heterocycles. The Hall–Kier alpha value is -1.46. The molecule has 0 heterocycles. The second-order valence-corrected chi connectivity index (χ2v) is 4.86. The van der Waals surface area contributed by atoms with E-state index in [-0.39, 0.29) is 18.2 Å². The molecule has 3 N–H and O–H groups in total. The molecule has 1 rings (SSSR count). The van der Waals surface area contributed by atoms with Gasteiger partial charge in [-0.2, -0.15) is 0 Å². The summed E-state index contributed by atoms with van der Waals surface area (Å²) < 4.78 is 13.5. The normalized spacial score (nSPS) is 12.7. The molecule has 1 unspecified atom stereocenters. The van der Waals surface area contributed by atoms with Crippen LogP contribution in [0.15, 0.2) is 18.2 Å².